The number of ether oxygens (including phenoxy) is 1. The molecular weight excluding hydrogens is 298 g/mol. The van der Waals surface area contributed by atoms with Crippen LogP contribution in [0.25, 0.3) is 0 Å². The Morgan fingerprint density at radius 2 is 2.05 bits per heavy atom. The maximum atomic E-state index is 11.8. The quantitative estimate of drug-likeness (QED) is 0.799. The molecule has 0 unspecified atom stereocenters. The normalized spacial score (nSPS) is 23.3. The Balaban J connectivity index is 1.96. The van der Waals surface area contributed by atoms with E-state index < -0.39 is 10.8 Å². The minimum Gasteiger partial charge on any atom is -0.459 e. The number of esters is 1. The predicted molar refractivity (Wildman–Crippen MR) is 89.3 cm³/mol. The van der Waals surface area contributed by atoms with Crippen molar-refractivity contribution in [1.82, 2.24) is 4.90 Å². The van der Waals surface area contributed by atoms with Crippen LogP contribution in [-0.2, 0) is 22.1 Å². The fourth-order valence-corrected chi connectivity index (χ4v) is 4.02. The largest absolute Gasteiger partial charge is 0.459 e. The standard InChI is InChI=1S/C17H25NO3S/c1-13(2)21-17(19)16-6-4-15(5-7-16)11-18-8-9-22(20)12-14(3)10-18/h4-7,13-14H,8-12H2,1-3H3/t14-,22+/m0/s1. The highest BCUT2D eigenvalue weighted by Crippen LogP contribution is 2.14. The van der Waals surface area contributed by atoms with Crippen LogP contribution < -0.4 is 0 Å². The van der Waals surface area contributed by atoms with Gasteiger partial charge >= 0.3 is 5.97 Å². The summed E-state index contributed by atoms with van der Waals surface area (Å²) in [5, 5.41) is 0. The molecule has 0 bridgehead atoms. The first-order chi connectivity index (χ1) is 10.4. The summed E-state index contributed by atoms with van der Waals surface area (Å²) >= 11 is 0. The highest BCUT2D eigenvalue weighted by Gasteiger charge is 2.19. The first-order valence-electron chi connectivity index (χ1n) is 7.81. The van der Waals surface area contributed by atoms with Gasteiger partial charge in [-0.05, 0) is 37.5 Å². The van der Waals surface area contributed by atoms with Crippen molar-refractivity contribution in [3.05, 3.63) is 35.4 Å². The molecule has 1 aliphatic rings. The van der Waals surface area contributed by atoms with Gasteiger partial charge in [0.25, 0.3) is 0 Å². The molecule has 0 aliphatic carbocycles. The molecule has 1 fully saturated rings. The van der Waals surface area contributed by atoms with Crippen molar-refractivity contribution in [2.75, 3.05) is 24.6 Å². The lowest BCUT2D eigenvalue weighted by Gasteiger charge is -2.21. The summed E-state index contributed by atoms with van der Waals surface area (Å²) in [5.41, 5.74) is 1.75. The van der Waals surface area contributed by atoms with Crippen LogP contribution in [0.1, 0.15) is 36.7 Å². The summed E-state index contributed by atoms with van der Waals surface area (Å²) in [7, 11) is -0.685. The third kappa shape index (κ3) is 5.21. The first kappa shape index (κ1) is 17.2. The second kappa shape index (κ2) is 7.88. The molecule has 5 heteroatoms. The van der Waals surface area contributed by atoms with Crippen LogP contribution in [0.2, 0.25) is 0 Å². The lowest BCUT2D eigenvalue weighted by molar-refractivity contribution is 0.0378. The van der Waals surface area contributed by atoms with Crippen LogP contribution in [0.4, 0.5) is 0 Å². The second-order valence-corrected chi connectivity index (χ2v) is 7.92. The summed E-state index contributed by atoms with van der Waals surface area (Å²) in [5.74, 6) is 1.74. The Labute approximate surface area is 135 Å². The highest BCUT2D eigenvalue weighted by atomic mass is 32.2. The van der Waals surface area contributed by atoms with E-state index in [9.17, 15) is 9.00 Å². The maximum Gasteiger partial charge on any atom is 0.338 e. The average Bonchev–Trinajstić information content (AvgIpc) is 2.59. The fourth-order valence-electron chi connectivity index (χ4n) is 2.65. The van der Waals surface area contributed by atoms with Crippen LogP contribution in [0.3, 0.4) is 0 Å². The average molecular weight is 323 g/mol. The van der Waals surface area contributed by atoms with E-state index in [1.165, 1.54) is 5.56 Å². The zero-order valence-electron chi connectivity index (χ0n) is 13.6. The topological polar surface area (TPSA) is 46.6 Å². The molecular formula is C17H25NO3S. The SMILES string of the molecule is CC(C)OC(=O)c1ccc(CN2CC[S@@](=O)C[C@@H](C)C2)cc1. The Morgan fingerprint density at radius 3 is 2.68 bits per heavy atom. The molecule has 0 spiro atoms. The summed E-state index contributed by atoms with van der Waals surface area (Å²) in [6.45, 7) is 8.52. The molecule has 0 aromatic heterocycles. The Bertz CT molecular complexity index is 527. The summed E-state index contributed by atoms with van der Waals surface area (Å²) in [6.07, 6.45) is -0.105. The number of benzene rings is 1. The van der Waals surface area contributed by atoms with Gasteiger partial charge in [0.15, 0.2) is 0 Å². The fraction of sp³-hybridized carbons (Fsp3) is 0.588. The Kier molecular flexibility index (Phi) is 6.15. The van der Waals surface area contributed by atoms with Crippen molar-refractivity contribution in [3.8, 4) is 0 Å². The van der Waals surface area contributed by atoms with Crippen molar-refractivity contribution in [3.63, 3.8) is 0 Å². The molecule has 2 rings (SSSR count). The molecule has 22 heavy (non-hydrogen) atoms. The third-order valence-electron chi connectivity index (χ3n) is 3.61. The molecule has 0 radical (unpaired) electrons. The number of carbonyl (C=O) groups is 1. The molecule has 1 heterocycles. The van der Waals surface area contributed by atoms with Gasteiger partial charge < -0.3 is 4.74 Å². The van der Waals surface area contributed by atoms with Crippen LogP contribution in [0, 0.1) is 5.92 Å². The molecule has 1 aromatic rings. The van der Waals surface area contributed by atoms with E-state index in [1.807, 2.05) is 38.1 Å². The zero-order valence-corrected chi connectivity index (χ0v) is 14.4. The predicted octanol–water partition coefficient (Wildman–Crippen LogP) is 2.45. The van der Waals surface area contributed by atoms with Gasteiger partial charge in [-0.25, -0.2) is 4.79 Å². The van der Waals surface area contributed by atoms with Gasteiger partial charge in [0.05, 0.1) is 11.7 Å². The molecule has 0 N–H and O–H groups in total. The molecule has 1 aliphatic heterocycles. The van der Waals surface area contributed by atoms with E-state index in [4.69, 9.17) is 4.74 Å². The molecule has 1 aromatic carbocycles. The van der Waals surface area contributed by atoms with Crippen molar-refractivity contribution < 1.29 is 13.7 Å². The highest BCUT2D eigenvalue weighted by molar-refractivity contribution is 7.85. The van der Waals surface area contributed by atoms with Gasteiger partial charge in [0.2, 0.25) is 0 Å². The van der Waals surface area contributed by atoms with E-state index >= 15 is 0 Å². The van der Waals surface area contributed by atoms with Crippen LogP contribution >= 0.6 is 0 Å². The van der Waals surface area contributed by atoms with Crippen molar-refractivity contribution in [2.45, 2.75) is 33.4 Å². The first-order valence-corrected chi connectivity index (χ1v) is 9.30. The zero-order chi connectivity index (χ0) is 16.1. The molecule has 122 valence electrons. The molecule has 2 atom stereocenters. The van der Waals surface area contributed by atoms with E-state index in [-0.39, 0.29) is 12.1 Å². The lowest BCUT2D eigenvalue weighted by atomic mass is 10.1. The van der Waals surface area contributed by atoms with Gasteiger partial charge in [-0.3, -0.25) is 9.11 Å². The van der Waals surface area contributed by atoms with Gasteiger partial charge in [0, 0.05) is 41.9 Å². The third-order valence-corrected chi connectivity index (χ3v) is 5.19. The second-order valence-electron chi connectivity index (χ2n) is 6.30. The molecule has 4 nitrogen and oxygen atoms in total. The van der Waals surface area contributed by atoms with E-state index in [2.05, 4.69) is 11.8 Å². The van der Waals surface area contributed by atoms with Crippen LogP contribution in [0.5, 0.6) is 0 Å². The van der Waals surface area contributed by atoms with Gasteiger partial charge in [-0.2, -0.15) is 0 Å². The Morgan fingerprint density at radius 1 is 1.36 bits per heavy atom. The van der Waals surface area contributed by atoms with Crippen LogP contribution in [0.15, 0.2) is 24.3 Å². The van der Waals surface area contributed by atoms with Gasteiger partial charge in [-0.1, -0.05) is 19.1 Å². The van der Waals surface area contributed by atoms with Gasteiger partial charge in [0.1, 0.15) is 0 Å². The number of rotatable bonds is 4. The number of carbonyl (C=O) groups excluding carboxylic acids is 1. The molecule has 1 saturated heterocycles. The monoisotopic (exact) mass is 323 g/mol. The Hall–Kier alpha value is -1.20. The number of hydrogen-bond donors (Lipinski definition) is 0. The smallest absolute Gasteiger partial charge is 0.338 e. The molecule has 0 amide bonds. The molecule has 0 saturated carbocycles. The van der Waals surface area contributed by atoms with Crippen molar-refractivity contribution in [2.24, 2.45) is 5.92 Å². The minimum absolute atomic E-state index is 0.105. The van der Waals surface area contributed by atoms with E-state index in [0.29, 0.717) is 11.5 Å². The van der Waals surface area contributed by atoms with E-state index in [1.54, 1.807) is 0 Å². The maximum absolute atomic E-state index is 11.8. The summed E-state index contributed by atoms with van der Waals surface area (Å²) in [6, 6.07) is 7.59. The summed E-state index contributed by atoms with van der Waals surface area (Å²) < 4.78 is 16.9. The van der Waals surface area contributed by atoms with Crippen molar-refractivity contribution in [1.29, 1.82) is 0 Å². The van der Waals surface area contributed by atoms with Gasteiger partial charge in [-0.15, -0.1) is 0 Å². The van der Waals surface area contributed by atoms with Crippen molar-refractivity contribution >= 4 is 16.8 Å². The van der Waals surface area contributed by atoms with E-state index in [0.717, 1.165) is 31.1 Å². The summed E-state index contributed by atoms with van der Waals surface area (Å²) in [4.78, 5) is 14.2. The number of hydrogen-bond acceptors (Lipinski definition) is 4. The number of nitrogens with zero attached hydrogens (tertiary/aromatic N) is 1. The van der Waals surface area contributed by atoms with Crippen LogP contribution in [-0.4, -0.2) is 45.8 Å². The minimum atomic E-state index is -0.685. The lowest BCUT2D eigenvalue weighted by Crippen LogP contribution is -2.28.